The number of aliphatic hydroxyl groups is 1. The molecule has 0 bridgehead atoms. The fourth-order valence-corrected chi connectivity index (χ4v) is 2.12. The van der Waals surface area contributed by atoms with E-state index in [9.17, 15) is 14.3 Å². The third-order valence-corrected chi connectivity index (χ3v) is 3.07. The van der Waals surface area contributed by atoms with Crippen LogP contribution in [0.25, 0.3) is 0 Å². The van der Waals surface area contributed by atoms with Crippen molar-refractivity contribution in [1.82, 2.24) is 0 Å². The summed E-state index contributed by atoms with van der Waals surface area (Å²) in [6, 6.07) is 2.52. The lowest BCUT2D eigenvalue weighted by Crippen LogP contribution is -2.44. The molecule has 1 aromatic rings. The fraction of sp³-hybridized carbons (Fsp3) is 0.417. The van der Waals surface area contributed by atoms with Gasteiger partial charge in [0.15, 0.2) is 0 Å². The second kappa shape index (κ2) is 5.41. The monoisotopic (exact) mass is 270 g/mol. The summed E-state index contributed by atoms with van der Waals surface area (Å²) in [5.74, 6) is -2.04. The molecule has 1 aliphatic heterocycles. The molecule has 2 rings (SSSR count). The average Bonchev–Trinajstić information content (AvgIpc) is 2.41. The quantitative estimate of drug-likeness (QED) is 0.684. The Morgan fingerprint density at radius 1 is 1.58 bits per heavy atom. The number of hydrogen-bond donors (Lipinski definition) is 3. The molecule has 0 radical (unpaired) electrons. The number of hydrogen-bond acceptors (Lipinski definition) is 5. The number of aliphatic hydroxyl groups excluding tert-OH is 1. The molecule has 0 spiro atoms. The zero-order chi connectivity index (χ0) is 14.0. The van der Waals surface area contributed by atoms with Crippen LogP contribution >= 0.6 is 0 Å². The van der Waals surface area contributed by atoms with Gasteiger partial charge in [0.25, 0.3) is 0 Å². The molecular formula is C12H15FN2O4. The maximum absolute atomic E-state index is 13.4. The van der Waals surface area contributed by atoms with Gasteiger partial charge in [-0.05, 0) is 12.1 Å². The molecule has 1 saturated heterocycles. The molecule has 19 heavy (non-hydrogen) atoms. The number of nitrogen functional groups attached to an aromatic ring is 1. The molecule has 1 unspecified atom stereocenters. The summed E-state index contributed by atoms with van der Waals surface area (Å²) in [5.41, 5.74) is 5.21. The molecule has 4 N–H and O–H groups in total. The number of carboxylic acid groups (broad SMARTS) is 1. The van der Waals surface area contributed by atoms with Gasteiger partial charge in [-0.25, -0.2) is 9.18 Å². The van der Waals surface area contributed by atoms with Crippen LogP contribution in [0, 0.1) is 5.82 Å². The Morgan fingerprint density at radius 2 is 2.32 bits per heavy atom. The third-order valence-electron chi connectivity index (χ3n) is 3.07. The van der Waals surface area contributed by atoms with E-state index >= 15 is 0 Å². The van der Waals surface area contributed by atoms with Crippen molar-refractivity contribution in [1.29, 1.82) is 0 Å². The first-order valence-corrected chi connectivity index (χ1v) is 5.83. The smallest absolute Gasteiger partial charge is 0.340 e. The molecule has 6 nitrogen and oxygen atoms in total. The maximum atomic E-state index is 13.4. The summed E-state index contributed by atoms with van der Waals surface area (Å²) in [7, 11) is 0. The zero-order valence-electron chi connectivity index (χ0n) is 10.2. The van der Waals surface area contributed by atoms with Crippen molar-refractivity contribution in [3.8, 4) is 0 Å². The number of ether oxygens (including phenoxy) is 1. The molecule has 0 saturated carbocycles. The van der Waals surface area contributed by atoms with Crippen LogP contribution in [0.1, 0.15) is 10.4 Å². The molecule has 0 aromatic heterocycles. The minimum atomic E-state index is -1.28. The van der Waals surface area contributed by atoms with E-state index in [4.69, 9.17) is 15.6 Å². The van der Waals surface area contributed by atoms with Gasteiger partial charge in [0, 0.05) is 13.1 Å². The Morgan fingerprint density at radius 3 is 2.95 bits per heavy atom. The van der Waals surface area contributed by atoms with Crippen molar-refractivity contribution in [3.63, 3.8) is 0 Å². The lowest BCUT2D eigenvalue weighted by Gasteiger charge is -2.34. The van der Waals surface area contributed by atoms with Crippen molar-refractivity contribution in [2.45, 2.75) is 6.10 Å². The maximum Gasteiger partial charge on any atom is 0.340 e. The standard InChI is InChI=1S/C12H15FN2O4/c13-8-1-2-9(10(11(8)14)12(17)18)15-3-4-19-7(5-15)6-16/h1-2,7,16H,3-6,14H2,(H,17,18). The molecule has 0 aliphatic carbocycles. The number of halogens is 1. The van der Waals surface area contributed by atoms with Crippen LogP contribution in [-0.4, -0.2) is 48.6 Å². The molecule has 0 amide bonds. The summed E-state index contributed by atoms with van der Waals surface area (Å²) in [6.45, 7) is 1.00. The van der Waals surface area contributed by atoms with Gasteiger partial charge < -0.3 is 25.6 Å². The lowest BCUT2D eigenvalue weighted by molar-refractivity contribution is 0.00349. The number of anilines is 2. The predicted molar refractivity (Wildman–Crippen MR) is 66.8 cm³/mol. The predicted octanol–water partition coefficient (Wildman–Crippen LogP) is 0.304. The average molecular weight is 270 g/mol. The number of nitrogens with two attached hydrogens (primary N) is 1. The van der Waals surface area contributed by atoms with Crippen LogP contribution in [0.3, 0.4) is 0 Å². The van der Waals surface area contributed by atoms with Gasteiger partial charge in [0.2, 0.25) is 0 Å². The fourth-order valence-electron chi connectivity index (χ4n) is 2.12. The van der Waals surface area contributed by atoms with Crippen LogP contribution in [-0.2, 0) is 4.74 Å². The van der Waals surface area contributed by atoms with Gasteiger partial charge in [-0.3, -0.25) is 0 Å². The van der Waals surface area contributed by atoms with E-state index in [0.29, 0.717) is 25.4 Å². The van der Waals surface area contributed by atoms with E-state index in [1.807, 2.05) is 0 Å². The molecular weight excluding hydrogens is 255 g/mol. The first-order chi connectivity index (χ1) is 9.04. The topological polar surface area (TPSA) is 96.0 Å². The minimum Gasteiger partial charge on any atom is -0.478 e. The molecule has 1 aromatic carbocycles. The summed E-state index contributed by atoms with van der Waals surface area (Å²) < 4.78 is 18.6. The lowest BCUT2D eigenvalue weighted by atomic mass is 10.1. The van der Waals surface area contributed by atoms with Crippen molar-refractivity contribution in [2.24, 2.45) is 0 Å². The highest BCUT2D eigenvalue weighted by Gasteiger charge is 2.26. The Balaban J connectivity index is 2.39. The number of benzene rings is 1. The molecule has 1 heterocycles. The Bertz CT molecular complexity index is 495. The van der Waals surface area contributed by atoms with Crippen molar-refractivity contribution >= 4 is 17.3 Å². The Hall–Kier alpha value is -1.86. The Kier molecular flexibility index (Phi) is 3.87. The summed E-state index contributed by atoms with van der Waals surface area (Å²) in [5, 5.41) is 18.3. The van der Waals surface area contributed by atoms with Gasteiger partial charge in [0.05, 0.1) is 30.7 Å². The summed E-state index contributed by atoms with van der Waals surface area (Å²) in [4.78, 5) is 13.0. The first-order valence-electron chi connectivity index (χ1n) is 5.83. The first kappa shape index (κ1) is 13.6. The number of carboxylic acids is 1. The van der Waals surface area contributed by atoms with Crippen molar-refractivity contribution in [3.05, 3.63) is 23.5 Å². The molecule has 1 atom stereocenters. The second-order valence-electron chi connectivity index (χ2n) is 4.28. The summed E-state index contributed by atoms with van der Waals surface area (Å²) >= 11 is 0. The molecule has 1 fully saturated rings. The van der Waals surface area contributed by atoms with Gasteiger partial charge in [-0.15, -0.1) is 0 Å². The number of morpholine rings is 1. The number of nitrogens with zero attached hydrogens (tertiary/aromatic N) is 1. The number of carbonyl (C=O) groups is 1. The highest BCUT2D eigenvalue weighted by atomic mass is 19.1. The normalized spacial score (nSPS) is 19.5. The molecule has 104 valence electrons. The number of rotatable bonds is 3. The van der Waals surface area contributed by atoms with Gasteiger partial charge in [-0.1, -0.05) is 0 Å². The van der Waals surface area contributed by atoms with E-state index in [1.54, 1.807) is 4.90 Å². The highest BCUT2D eigenvalue weighted by molar-refractivity contribution is 6.00. The van der Waals surface area contributed by atoms with E-state index in [2.05, 4.69) is 0 Å². The molecule has 1 aliphatic rings. The second-order valence-corrected chi connectivity index (χ2v) is 4.28. The van der Waals surface area contributed by atoms with Gasteiger partial charge >= 0.3 is 5.97 Å². The van der Waals surface area contributed by atoms with Gasteiger partial charge in [-0.2, -0.15) is 0 Å². The van der Waals surface area contributed by atoms with E-state index in [0.717, 1.165) is 6.07 Å². The largest absolute Gasteiger partial charge is 0.478 e. The minimum absolute atomic E-state index is 0.157. The van der Waals surface area contributed by atoms with Gasteiger partial charge in [0.1, 0.15) is 11.4 Å². The Labute approximate surface area is 109 Å². The third kappa shape index (κ3) is 2.61. The van der Waals surface area contributed by atoms with E-state index in [1.165, 1.54) is 6.07 Å². The van der Waals surface area contributed by atoms with Crippen LogP contribution in [0.5, 0.6) is 0 Å². The van der Waals surface area contributed by atoms with E-state index in [-0.39, 0.29) is 24.0 Å². The summed E-state index contributed by atoms with van der Waals surface area (Å²) in [6.07, 6.45) is -0.387. The van der Waals surface area contributed by atoms with Crippen molar-refractivity contribution < 1.29 is 24.1 Å². The SMILES string of the molecule is Nc1c(F)ccc(N2CCOC(CO)C2)c1C(=O)O. The number of aromatic carboxylic acids is 1. The highest BCUT2D eigenvalue weighted by Crippen LogP contribution is 2.29. The zero-order valence-corrected chi connectivity index (χ0v) is 10.2. The van der Waals surface area contributed by atoms with Crippen LogP contribution in [0.2, 0.25) is 0 Å². The van der Waals surface area contributed by atoms with Crippen LogP contribution < -0.4 is 10.6 Å². The molecule has 7 heteroatoms. The van der Waals surface area contributed by atoms with Crippen molar-refractivity contribution in [2.75, 3.05) is 36.9 Å². The van der Waals surface area contributed by atoms with Crippen LogP contribution in [0.4, 0.5) is 15.8 Å². The van der Waals surface area contributed by atoms with E-state index < -0.39 is 11.8 Å². The van der Waals surface area contributed by atoms with Crippen LogP contribution in [0.15, 0.2) is 12.1 Å².